The van der Waals surface area contributed by atoms with Gasteiger partial charge in [-0.2, -0.15) is 0 Å². The van der Waals surface area contributed by atoms with E-state index in [2.05, 4.69) is 10.3 Å². The number of rotatable bonds is 8. The summed E-state index contributed by atoms with van der Waals surface area (Å²) in [6.45, 7) is -2.15. The highest BCUT2D eigenvalue weighted by Gasteiger charge is 2.21. The van der Waals surface area contributed by atoms with Crippen LogP contribution in [0.5, 0.6) is 5.75 Å². The van der Waals surface area contributed by atoms with Gasteiger partial charge >= 0.3 is 0 Å². The first-order chi connectivity index (χ1) is 14.8. The number of carbonyl (C=O) groups excluding carboxylic acids is 1. The van der Waals surface area contributed by atoms with Crippen LogP contribution in [0.2, 0.25) is 0 Å². The third kappa shape index (κ3) is 5.21. The largest absolute Gasteiger partial charge is 0.485 e. The van der Waals surface area contributed by atoms with Crippen molar-refractivity contribution in [3.05, 3.63) is 78.2 Å². The van der Waals surface area contributed by atoms with Crippen molar-refractivity contribution in [2.45, 2.75) is 16.0 Å². The van der Waals surface area contributed by atoms with Gasteiger partial charge in [-0.3, -0.25) is 4.79 Å². The lowest BCUT2D eigenvalue weighted by Crippen LogP contribution is -2.21. The summed E-state index contributed by atoms with van der Waals surface area (Å²) in [5, 5.41) is 2.15. The maximum absolute atomic E-state index is 14.3. The van der Waals surface area contributed by atoms with Crippen LogP contribution in [0.4, 0.5) is 18.9 Å². The Kier molecular flexibility index (Phi) is 6.91. The Labute approximate surface area is 176 Å². The Morgan fingerprint density at radius 3 is 2.45 bits per heavy atom. The van der Waals surface area contributed by atoms with E-state index in [1.54, 1.807) is 6.07 Å². The first-order valence-corrected chi connectivity index (χ1v) is 10.5. The Morgan fingerprint density at radius 2 is 1.81 bits per heavy atom. The van der Waals surface area contributed by atoms with Crippen LogP contribution in [0.1, 0.15) is 10.4 Å². The molecule has 0 spiro atoms. The molecule has 0 bridgehead atoms. The van der Waals surface area contributed by atoms with Gasteiger partial charge in [0.05, 0.1) is 10.6 Å². The standard InChI is InChI=1S/C21H17F3N2O4S/c22-12-16(13-23)30-15-7-8-19(18(24)11-15)26-21(27)14-4-3-5-17(10-14)31(28,29)20-6-1-2-9-25-20/h1-11,16H,12-13H2,(H,26,27). The average Bonchev–Trinajstić information content (AvgIpc) is 2.79. The highest BCUT2D eigenvalue weighted by molar-refractivity contribution is 7.91. The molecule has 0 aliphatic heterocycles. The number of carbonyl (C=O) groups is 1. The summed E-state index contributed by atoms with van der Waals surface area (Å²) in [6, 6.07) is 13.0. The molecule has 0 atom stereocenters. The summed E-state index contributed by atoms with van der Waals surface area (Å²) in [5.41, 5.74) is -0.237. The topological polar surface area (TPSA) is 85.4 Å². The Balaban J connectivity index is 1.79. The van der Waals surface area contributed by atoms with Crippen LogP contribution in [0.3, 0.4) is 0 Å². The number of aromatic nitrogens is 1. The highest BCUT2D eigenvalue weighted by atomic mass is 32.2. The maximum atomic E-state index is 14.3. The molecule has 2 aromatic carbocycles. The number of amides is 1. The molecule has 1 N–H and O–H groups in total. The Bertz CT molecular complexity index is 1170. The van der Waals surface area contributed by atoms with Crippen LogP contribution in [-0.2, 0) is 9.84 Å². The lowest BCUT2D eigenvalue weighted by molar-refractivity contribution is 0.102. The van der Waals surface area contributed by atoms with Crippen LogP contribution < -0.4 is 10.1 Å². The monoisotopic (exact) mass is 450 g/mol. The predicted octanol–water partition coefficient (Wildman–Crippen LogP) is 3.99. The van der Waals surface area contributed by atoms with Gasteiger partial charge in [-0.15, -0.1) is 0 Å². The molecule has 0 radical (unpaired) electrons. The van der Waals surface area contributed by atoms with Crippen LogP contribution in [-0.4, -0.2) is 38.8 Å². The van der Waals surface area contributed by atoms with Crippen LogP contribution in [0.25, 0.3) is 0 Å². The van der Waals surface area contributed by atoms with Gasteiger partial charge in [0, 0.05) is 17.8 Å². The minimum absolute atomic E-state index is 0.0216. The minimum Gasteiger partial charge on any atom is -0.485 e. The number of benzene rings is 2. The number of nitrogens with one attached hydrogen (secondary N) is 1. The smallest absolute Gasteiger partial charge is 0.255 e. The Morgan fingerprint density at radius 1 is 1.03 bits per heavy atom. The lowest BCUT2D eigenvalue weighted by Gasteiger charge is -2.14. The second kappa shape index (κ2) is 9.61. The van der Waals surface area contributed by atoms with E-state index in [0.29, 0.717) is 0 Å². The molecule has 3 rings (SSSR count). The molecular formula is C21H17F3N2O4S. The second-order valence-corrected chi connectivity index (χ2v) is 8.24. The summed E-state index contributed by atoms with van der Waals surface area (Å²) >= 11 is 0. The Hall–Kier alpha value is -3.40. The molecule has 3 aromatic rings. The molecular weight excluding hydrogens is 433 g/mol. The first-order valence-electron chi connectivity index (χ1n) is 9.01. The lowest BCUT2D eigenvalue weighted by atomic mass is 10.2. The van der Waals surface area contributed by atoms with E-state index in [4.69, 9.17) is 4.74 Å². The van der Waals surface area contributed by atoms with Crippen molar-refractivity contribution in [2.75, 3.05) is 18.7 Å². The van der Waals surface area contributed by atoms with Gasteiger partial charge in [0.25, 0.3) is 5.91 Å². The first kappa shape index (κ1) is 22.3. The van der Waals surface area contributed by atoms with Crippen molar-refractivity contribution < 1.29 is 31.1 Å². The zero-order valence-electron chi connectivity index (χ0n) is 16.0. The zero-order valence-corrected chi connectivity index (χ0v) is 16.8. The number of sulfone groups is 1. The quantitative estimate of drug-likeness (QED) is 0.561. The number of hydrogen-bond acceptors (Lipinski definition) is 5. The summed E-state index contributed by atoms with van der Waals surface area (Å²) in [5.74, 6) is -1.74. The molecule has 0 saturated heterocycles. The number of nitrogens with zero attached hydrogens (tertiary/aromatic N) is 1. The molecule has 0 aliphatic carbocycles. The summed E-state index contributed by atoms with van der Waals surface area (Å²) in [6.07, 6.45) is -0.00758. The van der Waals surface area contributed by atoms with Crippen molar-refractivity contribution in [3.63, 3.8) is 0 Å². The molecule has 10 heteroatoms. The van der Waals surface area contributed by atoms with E-state index in [-0.39, 0.29) is 26.9 Å². The number of alkyl halides is 2. The molecule has 0 fully saturated rings. The normalized spacial score (nSPS) is 11.4. The van der Waals surface area contributed by atoms with Gasteiger partial charge in [-0.25, -0.2) is 26.6 Å². The average molecular weight is 450 g/mol. The van der Waals surface area contributed by atoms with Crippen LogP contribution in [0.15, 0.2) is 76.8 Å². The molecule has 162 valence electrons. The minimum atomic E-state index is -3.94. The van der Waals surface area contributed by atoms with Crippen LogP contribution >= 0.6 is 0 Å². The van der Waals surface area contributed by atoms with Gasteiger partial charge < -0.3 is 10.1 Å². The second-order valence-electron chi connectivity index (χ2n) is 6.34. The fourth-order valence-electron chi connectivity index (χ4n) is 2.59. The molecule has 6 nitrogen and oxygen atoms in total. The van der Waals surface area contributed by atoms with Crippen LogP contribution in [0, 0.1) is 5.82 Å². The number of ether oxygens (including phenoxy) is 1. The third-order valence-corrected chi connectivity index (χ3v) is 5.82. The number of anilines is 1. The van der Waals surface area contributed by atoms with E-state index in [1.165, 1.54) is 48.7 Å². The number of pyridine rings is 1. The number of hydrogen-bond donors (Lipinski definition) is 1. The maximum Gasteiger partial charge on any atom is 0.255 e. The van der Waals surface area contributed by atoms with Gasteiger partial charge in [0.15, 0.2) is 11.1 Å². The van der Waals surface area contributed by atoms with Gasteiger partial charge in [-0.1, -0.05) is 12.1 Å². The van der Waals surface area contributed by atoms with Crippen molar-refractivity contribution >= 4 is 21.4 Å². The number of halogens is 3. The van der Waals surface area contributed by atoms with Crippen molar-refractivity contribution in [3.8, 4) is 5.75 Å². The molecule has 0 aliphatic rings. The zero-order chi connectivity index (χ0) is 22.4. The molecule has 1 heterocycles. The van der Waals surface area contributed by atoms with Crippen molar-refractivity contribution in [1.29, 1.82) is 0 Å². The molecule has 0 saturated carbocycles. The van der Waals surface area contributed by atoms with Gasteiger partial charge in [-0.05, 0) is 42.5 Å². The van der Waals surface area contributed by atoms with E-state index >= 15 is 0 Å². The van der Waals surface area contributed by atoms with Crippen molar-refractivity contribution in [1.82, 2.24) is 4.98 Å². The molecule has 0 unspecified atom stereocenters. The third-order valence-electron chi connectivity index (χ3n) is 4.16. The molecule has 1 amide bonds. The van der Waals surface area contributed by atoms with E-state index < -0.39 is 41.0 Å². The van der Waals surface area contributed by atoms with Crippen molar-refractivity contribution in [2.24, 2.45) is 0 Å². The fraction of sp³-hybridized carbons (Fsp3) is 0.143. The predicted molar refractivity (Wildman–Crippen MR) is 107 cm³/mol. The van der Waals surface area contributed by atoms with E-state index in [0.717, 1.165) is 12.1 Å². The van der Waals surface area contributed by atoms with Gasteiger partial charge in [0.1, 0.15) is 24.9 Å². The summed E-state index contributed by atoms with van der Waals surface area (Å²) in [4.78, 5) is 16.2. The molecule has 31 heavy (non-hydrogen) atoms. The highest BCUT2D eigenvalue weighted by Crippen LogP contribution is 2.24. The SMILES string of the molecule is O=C(Nc1ccc(OC(CF)CF)cc1F)c1cccc(S(=O)(=O)c2ccccn2)c1. The van der Waals surface area contributed by atoms with E-state index in [9.17, 15) is 26.4 Å². The van der Waals surface area contributed by atoms with Gasteiger partial charge in [0.2, 0.25) is 9.84 Å². The summed E-state index contributed by atoms with van der Waals surface area (Å²) in [7, 11) is -3.94. The van der Waals surface area contributed by atoms with E-state index in [1.807, 2.05) is 0 Å². The molecule has 1 aromatic heterocycles. The fourth-order valence-corrected chi connectivity index (χ4v) is 3.83. The summed E-state index contributed by atoms with van der Waals surface area (Å²) < 4.78 is 69.7.